The number of methoxy groups -OCH3 is 1. The molecule has 23 heavy (non-hydrogen) atoms. The Balaban J connectivity index is 1.73. The summed E-state index contributed by atoms with van der Waals surface area (Å²) >= 11 is 0. The van der Waals surface area contributed by atoms with Crippen molar-refractivity contribution < 1.29 is 32.2 Å². The van der Waals surface area contributed by atoms with Crippen LogP contribution in [0.25, 0.3) is 11.5 Å². The number of hydrogen-bond acceptors (Lipinski definition) is 6. The highest BCUT2D eigenvalue weighted by Gasteiger charge is 2.43. The number of benzene rings is 1. The number of fused-ring (bicyclic) bond motifs is 1. The van der Waals surface area contributed by atoms with Crippen LogP contribution in [0.4, 0.5) is 8.78 Å². The van der Waals surface area contributed by atoms with Crippen LogP contribution >= 0.6 is 0 Å². The molecule has 0 atom stereocenters. The lowest BCUT2D eigenvalue weighted by Gasteiger charge is -2.04. The van der Waals surface area contributed by atoms with Crippen LogP contribution < -0.4 is 9.47 Å². The molecule has 1 aliphatic carbocycles. The minimum atomic E-state index is -3.69. The number of alkyl halides is 2. The van der Waals surface area contributed by atoms with Gasteiger partial charge in [0.25, 0.3) is 0 Å². The molecule has 8 heteroatoms. The summed E-state index contributed by atoms with van der Waals surface area (Å²) in [6, 6.07) is 4.18. The van der Waals surface area contributed by atoms with Crippen molar-refractivity contribution in [2.24, 2.45) is 0 Å². The van der Waals surface area contributed by atoms with Gasteiger partial charge in [-0.2, -0.15) is 0 Å². The number of ether oxygens (including phenoxy) is 3. The van der Waals surface area contributed by atoms with E-state index in [1.807, 2.05) is 0 Å². The maximum atomic E-state index is 13.1. The number of hydrogen-bond donors (Lipinski definition) is 0. The maximum Gasteiger partial charge on any atom is 0.586 e. The number of carbonyl (C=O) groups is 1. The fourth-order valence-electron chi connectivity index (χ4n) is 2.40. The zero-order valence-corrected chi connectivity index (χ0v) is 12.0. The standard InChI is InChI=1S/C15H11F2NO5/c1-20-14(19)11-12(7-2-3-7)21-13(18-11)8-4-5-9-10(6-8)23-15(16,17)22-9/h4-7H,2-3H2,1H3. The summed E-state index contributed by atoms with van der Waals surface area (Å²) in [5, 5.41) is 0. The van der Waals surface area contributed by atoms with Gasteiger partial charge in [0.15, 0.2) is 17.2 Å². The summed E-state index contributed by atoms with van der Waals surface area (Å²) in [4.78, 5) is 15.9. The number of esters is 1. The van der Waals surface area contributed by atoms with E-state index < -0.39 is 12.3 Å². The second-order valence-corrected chi connectivity index (χ2v) is 5.33. The first-order valence-corrected chi connectivity index (χ1v) is 6.96. The van der Waals surface area contributed by atoms with Crippen LogP contribution in [-0.4, -0.2) is 24.4 Å². The minimum absolute atomic E-state index is 0.0686. The van der Waals surface area contributed by atoms with Gasteiger partial charge in [-0.3, -0.25) is 0 Å². The van der Waals surface area contributed by atoms with Gasteiger partial charge in [0, 0.05) is 11.5 Å². The Hall–Kier alpha value is -2.64. The number of oxazole rings is 1. The van der Waals surface area contributed by atoms with Crippen molar-refractivity contribution in [1.82, 2.24) is 4.98 Å². The summed E-state index contributed by atoms with van der Waals surface area (Å²) < 4.78 is 45.2. The van der Waals surface area contributed by atoms with E-state index in [0.29, 0.717) is 11.3 Å². The summed E-state index contributed by atoms with van der Waals surface area (Å²) in [5.74, 6) is -0.0131. The molecule has 2 aliphatic rings. The predicted molar refractivity (Wildman–Crippen MR) is 71.5 cm³/mol. The van der Waals surface area contributed by atoms with E-state index in [2.05, 4.69) is 14.5 Å². The van der Waals surface area contributed by atoms with Crippen molar-refractivity contribution in [2.45, 2.75) is 25.1 Å². The molecule has 2 heterocycles. The van der Waals surface area contributed by atoms with Gasteiger partial charge in [-0.15, -0.1) is 8.78 Å². The first-order chi connectivity index (χ1) is 11.0. The van der Waals surface area contributed by atoms with E-state index in [9.17, 15) is 13.6 Å². The molecule has 0 radical (unpaired) electrons. The third-order valence-corrected chi connectivity index (χ3v) is 3.63. The quantitative estimate of drug-likeness (QED) is 0.807. The molecule has 0 unspecified atom stereocenters. The molecule has 0 amide bonds. The Morgan fingerprint density at radius 1 is 1.30 bits per heavy atom. The molecule has 6 nitrogen and oxygen atoms in total. The molecule has 0 spiro atoms. The van der Waals surface area contributed by atoms with Crippen molar-refractivity contribution in [3.8, 4) is 23.0 Å². The number of halogens is 2. The number of rotatable bonds is 3. The SMILES string of the molecule is COC(=O)c1nc(-c2ccc3c(c2)OC(F)(F)O3)oc1C1CC1. The van der Waals surface area contributed by atoms with Crippen molar-refractivity contribution in [2.75, 3.05) is 7.11 Å². The number of nitrogens with zero attached hydrogens (tertiary/aromatic N) is 1. The molecular weight excluding hydrogens is 312 g/mol. The lowest BCUT2D eigenvalue weighted by atomic mass is 10.2. The summed E-state index contributed by atoms with van der Waals surface area (Å²) in [5.41, 5.74) is 0.523. The van der Waals surface area contributed by atoms with Gasteiger partial charge in [0.05, 0.1) is 7.11 Å². The third-order valence-electron chi connectivity index (χ3n) is 3.63. The van der Waals surface area contributed by atoms with Crippen LogP contribution in [0.1, 0.15) is 35.0 Å². The Kier molecular flexibility index (Phi) is 2.84. The smallest absolute Gasteiger partial charge is 0.464 e. The molecule has 0 N–H and O–H groups in total. The Morgan fingerprint density at radius 2 is 2.04 bits per heavy atom. The number of carbonyl (C=O) groups excluding carboxylic acids is 1. The monoisotopic (exact) mass is 323 g/mol. The highest BCUT2D eigenvalue weighted by atomic mass is 19.3. The molecule has 4 rings (SSSR count). The second-order valence-electron chi connectivity index (χ2n) is 5.33. The number of aromatic nitrogens is 1. The van der Waals surface area contributed by atoms with Crippen molar-refractivity contribution >= 4 is 5.97 Å². The molecule has 1 fully saturated rings. The van der Waals surface area contributed by atoms with Gasteiger partial charge in [0.2, 0.25) is 5.89 Å². The van der Waals surface area contributed by atoms with Crippen molar-refractivity contribution in [3.63, 3.8) is 0 Å². The van der Waals surface area contributed by atoms with Crippen molar-refractivity contribution in [3.05, 3.63) is 29.7 Å². The average molecular weight is 323 g/mol. The topological polar surface area (TPSA) is 70.8 Å². The first-order valence-electron chi connectivity index (χ1n) is 6.96. The fourth-order valence-corrected chi connectivity index (χ4v) is 2.40. The Morgan fingerprint density at radius 3 is 2.74 bits per heavy atom. The second kappa shape index (κ2) is 4.68. The predicted octanol–water partition coefficient (Wildman–Crippen LogP) is 3.33. The van der Waals surface area contributed by atoms with Gasteiger partial charge in [-0.05, 0) is 31.0 Å². The summed E-state index contributed by atoms with van der Waals surface area (Å²) in [6.07, 6.45) is -1.87. The van der Waals surface area contributed by atoms with Crippen LogP contribution in [-0.2, 0) is 4.74 Å². The van der Waals surface area contributed by atoms with E-state index in [1.54, 1.807) is 0 Å². The zero-order chi connectivity index (χ0) is 16.2. The molecule has 120 valence electrons. The zero-order valence-electron chi connectivity index (χ0n) is 12.0. The summed E-state index contributed by atoms with van der Waals surface area (Å²) in [6.45, 7) is 0. The van der Waals surface area contributed by atoms with Gasteiger partial charge >= 0.3 is 12.3 Å². The Labute approximate surface area is 129 Å². The van der Waals surface area contributed by atoms with E-state index in [-0.39, 0.29) is 29.0 Å². The normalized spacial score (nSPS) is 18.0. The third kappa shape index (κ3) is 2.39. The minimum Gasteiger partial charge on any atom is -0.464 e. The van der Waals surface area contributed by atoms with E-state index in [0.717, 1.165) is 12.8 Å². The highest BCUT2D eigenvalue weighted by molar-refractivity contribution is 5.89. The lowest BCUT2D eigenvalue weighted by molar-refractivity contribution is -0.286. The molecule has 0 saturated heterocycles. The van der Waals surface area contributed by atoms with E-state index in [1.165, 1.54) is 25.3 Å². The van der Waals surface area contributed by atoms with Crippen LogP contribution in [0.5, 0.6) is 11.5 Å². The fraction of sp³-hybridized carbons (Fsp3) is 0.333. The molecule has 1 aliphatic heterocycles. The summed E-state index contributed by atoms with van der Waals surface area (Å²) in [7, 11) is 1.26. The molecular formula is C15H11F2NO5. The van der Waals surface area contributed by atoms with Crippen LogP contribution in [0.15, 0.2) is 22.6 Å². The van der Waals surface area contributed by atoms with Crippen LogP contribution in [0, 0.1) is 0 Å². The molecule has 0 bridgehead atoms. The average Bonchev–Trinajstić information content (AvgIpc) is 3.17. The van der Waals surface area contributed by atoms with Gasteiger partial charge < -0.3 is 18.6 Å². The molecule has 1 aromatic heterocycles. The highest BCUT2D eigenvalue weighted by Crippen LogP contribution is 2.45. The first kappa shape index (κ1) is 14.0. The molecule has 1 aromatic carbocycles. The largest absolute Gasteiger partial charge is 0.586 e. The van der Waals surface area contributed by atoms with E-state index in [4.69, 9.17) is 9.15 Å². The van der Waals surface area contributed by atoms with Crippen LogP contribution in [0.2, 0.25) is 0 Å². The van der Waals surface area contributed by atoms with Gasteiger partial charge in [-0.1, -0.05) is 0 Å². The van der Waals surface area contributed by atoms with E-state index >= 15 is 0 Å². The maximum absolute atomic E-state index is 13.1. The van der Waals surface area contributed by atoms with Gasteiger partial charge in [0.1, 0.15) is 5.76 Å². The molecule has 1 saturated carbocycles. The lowest BCUT2D eigenvalue weighted by Crippen LogP contribution is -2.25. The Bertz CT molecular complexity index is 797. The molecule has 2 aromatic rings. The van der Waals surface area contributed by atoms with Crippen LogP contribution in [0.3, 0.4) is 0 Å². The van der Waals surface area contributed by atoms with Crippen molar-refractivity contribution in [1.29, 1.82) is 0 Å². The van der Waals surface area contributed by atoms with Gasteiger partial charge in [-0.25, -0.2) is 9.78 Å².